The Kier molecular flexibility index (Phi) is 8.09. The number of rotatable bonds is 6. The number of aromatic nitrogens is 1. The Morgan fingerprint density at radius 3 is 1.37 bits per heavy atom. The van der Waals surface area contributed by atoms with Gasteiger partial charge in [-0.1, -0.05) is 132 Å². The van der Waals surface area contributed by atoms with E-state index in [9.17, 15) is 0 Å². The van der Waals surface area contributed by atoms with Gasteiger partial charge in [0.1, 0.15) is 0 Å². The molecule has 0 unspecified atom stereocenters. The van der Waals surface area contributed by atoms with E-state index < -0.39 is 5.41 Å². The molecule has 1 aliphatic rings. The van der Waals surface area contributed by atoms with Crippen molar-refractivity contribution in [2.24, 2.45) is 0 Å². The number of anilines is 3. The Morgan fingerprint density at radius 2 is 0.860 bits per heavy atom. The predicted octanol–water partition coefficient (Wildman–Crippen LogP) is 14.5. The van der Waals surface area contributed by atoms with Gasteiger partial charge in [-0.05, 0) is 146 Å². The SMILES string of the molecule is Cc1ccc(N(c2ccc3c(c2)C(c2ccccc2)(c2ccccc2)c2cc(-n4c5cc(C)ccc5c5ccc(C)cc54)ccc2-3)c2ccc(C)cc2C)c(C)c1. The van der Waals surface area contributed by atoms with Gasteiger partial charge < -0.3 is 9.47 Å². The first-order chi connectivity index (χ1) is 27.7. The van der Waals surface area contributed by atoms with E-state index in [2.05, 4.69) is 221 Å². The van der Waals surface area contributed by atoms with Crippen LogP contribution in [0.25, 0.3) is 38.6 Å². The van der Waals surface area contributed by atoms with Crippen LogP contribution in [0.1, 0.15) is 55.6 Å². The Balaban J connectivity index is 1.29. The topological polar surface area (TPSA) is 8.17 Å². The Hall–Kier alpha value is -6.64. The Bertz CT molecular complexity index is 2870. The minimum Gasteiger partial charge on any atom is -0.310 e. The second-order valence-corrected chi connectivity index (χ2v) is 16.2. The van der Waals surface area contributed by atoms with Crippen LogP contribution in [-0.4, -0.2) is 4.57 Å². The summed E-state index contributed by atoms with van der Waals surface area (Å²) >= 11 is 0. The zero-order valence-electron chi connectivity index (χ0n) is 33.6. The zero-order valence-corrected chi connectivity index (χ0v) is 33.6. The van der Waals surface area contributed by atoms with E-state index in [4.69, 9.17) is 0 Å². The molecule has 0 aliphatic heterocycles. The van der Waals surface area contributed by atoms with Gasteiger partial charge in [-0.3, -0.25) is 0 Å². The molecule has 0 amide bonds. The molecule has 0 radical (unpaired) electrons. The van der Waals surface area contributed by atoms with E-state index in [1.807, 2.05) is 0 Å². The molecule has 0 spiro atoms. The summed E-state index contributed by atoms with van der Waals surface area (Å²) < 4.78 is 2.49. The molecule has 2 heteroatoms. The van der Waals surface area contributed by atoms with E-state index in [0.717, 1.165) is 5.69 Å². The molecule has 276 valence electrons. The number of hydrogen-bond acceptors (Lipinski definition) is 1. The molecule has 1 heterocycles. The molecule has 0 fully saturated rings. The maximum absolute atomic E-state index is 2.49. The first-order valence-corrected chi connectivity index (χ1v) is 20.1. The van der Waals surface area contributed by atoms with Crippen LogP contribution in [-0.2, 0) is 5.41 Å². The van der Waals surface area contributed by atoms with Crippen molar-refractivity contribution in [3.8, 4) is 16.8 Å². The van der Waals surface area contributed by atoms with Crippen molar-refractivity contribution in [1.29, 1.82) is 0 Å². The second-order valence-electron chi connectivity index (χ2n) is 16.2. The summed E-state index contributed by atoms with van der Waals surface area (Å²) in [5, 5.41) is 2.55. The monoisotopic (exact) mass is 734 g/mol. The van der Waals surface area contributed by atoms with Crippen molar-refractivity contribution >= 4 is 38.9 Å². The van der Waals surface area contributed by atoms with Crippen molar-refractivity contribution in [2.45, 2.75) is 47.0 Å². The summed E-state index contributed by atoms with van der Waals surface area (Å²) in [6.45, 7) is 13.2. The molecule has 0 bridgehead atoms. The molecule has 10 rings (SSSR count). The van der Waals surface area contributed by atoms with Gasteiger partial charge in [0, 0.05) is 33.5 Å². The van der Waals surface area contributed by atoms with Crippen LogP contribution < -0.4 is 4.90 Å². The van der Waals surface area contributed by atoms with Crippen molar-refractivity contribution < 1.29 is 0 Å². The van der Waals surface area contributed by atoms with Gasteiger partial charge in [0.05, 0.1) is 16.4 Å². The van der Waals surface area contributed by atoms with Crippen LogP contribution in [0.4, 0.5) is 17.1 Å². The van der Waals surface area contributed by atoms with Gasteiger partial charge in [0.25, 0.3) is 0 Å². The molecule has 0 saturated carbocycles. The average molecular weight is 735 g/mol. The highest BCUT2D eigenvalue weighted by molar-refractivity contribution is 6.09. The standard InChI is InChI=1S/C55H46N2/c1-35-19-27-51(39(5)29-35)56(52-28-20-36(2)30-40(52)6)43-21-25-45-46-26-22-44(57-53-31-37(3)17-23-47(53)48-24-18-38(4)32-54(48)57)34-50(46)55(49(45)33-43,41-13-9-7-10-14-41)42-15-11-8-12-16-42/h7-34H,1-6H3. The third kappa shape index (κ3) is 5.39. The minimum absolute atomic E-state index is 0.583. The summed E-state index contributed by atoms with van der Waals surface area (Å²) in [6, 6.07) is 64.1. The Labute approximate surface area is 336 Å². The van der Waals surface area contributed by atoms with E-state index in [1.54, 1.807) is 0 Å². The lowest BCUT2D eigenvalue weighted by Gasteiger charge is -2.35. The second kappa shape index (κ2) is 13.2. The number of fused-ring (bicyclic) bond motifs is 6. The fourth-order valence-corrected chi connectivity index (χ4v) is 9.78. The van der Waals surface area contributed by atoms with Crippen molar-refractivity contribution in [1.82, 2.24) is 4.57 Å². The highest BCUT2D eigenvalue weighted by Crippen LogP contribution is 2.58. The lowest BCUT2D eigenvalue weighted by molar-refractivity contribution is 0.767. The molecule has 0 atom stereocenters. The molecule has 8 aromatic carbocycles. The molecule has 2 nitrogen and oxygen atoms in total. The summed E-state index contributed by atoms with van der Waals surface area (Å²) in [7, 11) is 0. The molecular formula is C55H46N2. The zero-order chi connectivity index (χ0) is 39.0. The van der Waals surface area contributed by atoms with Crippen molar-refractivity contribution in [3.63, 3.8) is 0 Å². The van der Waals surface area contributed by atoms with E-state index in [-0.39, 0.29) is 0 Å². The smallest absolute Gasteiger partial charge is 0.0715 e. The molecule has 1 aromatic heterocycles. The summed E-state index contributed by atoms with van der Waals surface area (Å²) in [4.78, 5) is 2.47. The highest BCUT2D eigenvalue weighted by Gasteiger charge is 2.47. The maximum atomic E-state index is 2.49. The molecule has 1 aliphatic carbocycles. The Morgan fingerprint density at radius 1 is 0.404 bits per heavy atom. The van der Waals surface area contributed by atoms with Gasteiger partial charge in [-0.2, -0.15) is 0 Å². The third-order valence-corrected chi connectivity index (χ3v) is 12.3. The normalized spacial score (nSPS) is 12.9. The van der Waals surface area contributed by atoms with Gasteiger partial charge in [-0.25, -0.2) is 0 Å². The summed E-state index contributed by atoms with van der Waals surface area (Å²) in [5.41, 5.74) is 21.7. The van der Waals surface area contributed by atoms with E-state index in [1.165, 1.54) is 106 Å². The minimum atomic E-state index is -0.583. The predicted molar refractivity (Wildman–Crippen MR) is 241 cm³/mol. The molecule has 0 N–H and O–H groups in total. The van der Waals surface area contributed by atoms with E-state index in [0.29, 0.717) is 0 Å². The third-order valence-electron chi connectivity index (χ3n) is 12.3. The van der Waals surface area contributed by atoms with Crippen LogP contribution in [0, 0.1) is 41.5 Å². The van der Waals surface area contributed by atoms with Crippen LogP contribution in [0.15, 0.2) is 170 Å². The van der Waals surface area contributed by atoms with Gasteiger partial charge >= 0.3 is 0 Å². The largest absolute Gasteiger partial charge is 0.310 e. The highest BCUT2D eigenvalue weighted by atomic mass is 15.1. The fourth-order valence-electron chi connectivity index (χ4n) is 9.78. The molecular weight excluding hydrogens is 689 g/mol. The van der Waals surface area contributed by atoms with Crippen LogP contribution in [0.2, 0.25) is 0 Å². The summed E-state index contributed by atoms with van der Waals surface area (Å²) in [6.07, 6.45) is 0. The number of aryl methyl sites for hydroxylation is 6. The lowest BCUT2D eigenvalue weighted by atomic mass is 9.67. The van der Waals surface area contributed by atoms with Gasteiger partial charge in [-0.15, -0.1) is 0 Å². The van der Waals surface area contributed by atoms with Crippen LogP contribution >= 0.6 is 0 Å². The molecule has 9 aromatic rings. The van der Waals surface area contributed by atoms with Crippen LogP contribution in [0.3, 0.4) is 0 Å². The van der Waals surface area contributed by atoms with Crippen molar-refractivity contribution in [2.75, 3.05) is 4.90 Å². The number of nitrogens with zero attached hydrogens (tertiary/aromatic N) is 2. The van der Waals surface area contributed by atoms with Crippen molar-refractivity contribution in [3.05, 3.63) is 225 Å². The summed E-state index contributed by atoms with van der Waals surface area (Å²) in [5.74, 6) is 0. The quantitative estimate of drug-likeness (QED) is 0.165. The number of hydrogen-bond donors (Lipinski definition) is 0. The fraction of sp³-hybridized carbons (Fsp3) is 0.127. The van der Waals surface area contributed by atoms with Crippen LogP contribution in [0.5, 0.6) is 0 Å². The first-order valence-electron chi connectivity index (χ1n) is 20.1. The average Bonchev–Trinajstić information content (AvgIpc) is 3.68. The molecule has 0 saturated heterocycles. The maximum Gasteiger partial charge on any atom is 0.0715 e. The first kappa shape index (κ1) is 34.8. The van der Waals surface area contributed by atoms with Gasteiger partial charge in [0.2, 0.25) is 0 Å². The van der Waals surface area contributed by atoms with Gasteiger partial charge in [0.15, 0.2) is 0 Å². The molecule has 57 heavy (non-hydrogen) atoms. The lowest BCUT2D eigenvalue weighted by Crippen LogP contribution is -2.29. The van der Waals surface area contributed by atoms with E-state index >= 15 is 0 Å². The number of benzene rings is 8.